The third kappa shape index (κ3) is 3.60. The van der Waals surface area contributed by atoms with Crippen molar-refractivity contribution in [2.45, 2.75) is 20.8 Å². The van der Waals surface area contributed by atoms with Crippen LogP contribution in [0.15, 0.2) is 42.5 Å². The molecule has 0 aliphatic rings. The van der Waals surface area contributed by atoms with Crippen LogP contribution in [0.3, 0.4) is 0 Å². The van der Waals surface area contributed by atoms with Crippen LogP contribution in [0.25, 0.3) is 0 Å². The zero-order valence-electron chi connectivity index (χ0n) is 12.2. The van der Waals surface area contributed by atoms with E-state index in [2.05, 4.69) is 10.6 Å². The molecule has 0 fully saturated rings. The number of anilines is 2. The fourth-order valence-electron chi connectivity index (χ4n) is 2.05. The van der Waals surface area contributed by atoms with Gasteiger partial charge in [0, 0.05) is 11.4 Å². The Labute approximate surface area is 120 Å². The van der Waals surface area contributed by atoms with E-state index in [-0.39, 0.29) is 12.5 Å². The monoisotopic (exact) mass is 268 g/mol. The molecule has 3 heteroatoms. The predicted octanol–water partition coefficient (Wildman–Crippen LogP) is 3.66. The smallest absolute Gasteiger partial charge is 0.243 e. The molecular weight excluding hydrogens is 248 g/mol. The molecule has 0 aliphatic carbocycles. The topological polar surface area (TPSA) is 41.1 Å². The molecule has 20 heavy (non-hydrogen) atoms. The molecule has 0 aromatic heterocycles. The van der Waals surface area contributed by atoms with Crippen LogP contribution in [0.1, 0.15) is 16.7 Å². The third-order valence-corrected chi connectivity index (χ3v) is 3.25. The Hall–Kier alpha value is -2.29. The van der Waals surface area contributed by atoms with Crippen LogP contribution in [0.4, 0.5) is 11.4 Å². The molecule has 0 atom stereocenters. The quantitative estimate of drug-likeness (QED) is 0.888. The van der Waals surface area contributed by atoms with E-state index >= 15 is 0 Å². The molecule has 0 unspecified atom stereocenters. The minimum atomic E-state index is -0.0389. The zero-order chi connectivity index (χ0) is 14.5. The van der Waals surface area contributed by atoms with Gasteiger partial charge in [0.05, 0.1) is 6.54 Å². The summed E-state index contributed by atoms with van der Waals surface area (Å²) < 4.78 is 0. The van der Waals surface area contributed by atoms with Crippen LogP contribution < -0.4 is 10.6 Å². The van der Waals surface area contributed by atoms with Gasteiger partial charge >= 0.3 is 0 Å². The van der Waals surface area contributed by atoms with Gasteiger partial charge in [0.2, 0.25) is 5.91 Å². The Bertz CT molecular complexity index is 583. The Kier molecular flexibility index (Phi) is 4.41. The molecule has 0 radical (unpaired) electrons. The minimum Gasteiger partial charge on any atom is -0.376 e. The largest absolute Gasteiger partial charge is 0.376 e. The average Bonchev–Trinajstić information content (AvgIpc) is 2.42. The molecule has 3 nitrogen and oxygen atoms in total. The molecule has 0 spiro atoms. The number of aryl methyl sites for hydroxylation is 3. The molecule has 0 saturated heterocycles. The second-order valence-corrected chi connectivity index (χ2v) is 5.03. The fraction of sp³-hybridized carbons (Fsp3) is 0.235. The summed E-state index contributed by atoms with van der Waals surface area (Å²) in [6.45, 7) is 6.29. The van der Waals surface area contributed by atoms with Gasteiger partial charge in [-0.15, -0.1) is 0 Å². The van der Waals surface area contributed by atoms with Gasteiger partial charge in [-0.1, -0.05) is 35.9 Å². The van der Waals surface area contributed by atoms with Crippen molar-refractivity contribution in [2.75, 3.05) is 17.2 Å². The number of hydrogen-bond acceptors (Lipinski definition) is 2. The maximum absolute atomic E-state index is 12.0. The number of amides is 1. The lowest BCUT2D eigenvalue weighted by molar-refractivity contribution is -0.114. The number of benzene rings is 2. The summed E-state index contributed by atoms with van der Waals surface area (Å²) >= 11 is 0. The third-order valence-electron chi connectivity index (χ3n) is 3.25. The van der Waals surface area contributed by atoms with E-state index < -0.39 is 0 Å². The zero-order valence-corrected chi connectivity index (χ0v) is 12.2. The van der Waals surface area contributed by atoms with Crippen molar-refractivity contribution in [3.63, 3.8) is 0 Å². The predicted molar refractivity (Wildman–Crippen MR) is 84.2 cm³/mol. The van der Waals surface area contributed by atoms with Crippen molar-refractivity contribution < 1.29 is 4.79 Å². The maximum atomic E-state index is 12.0. The summed E-state index contributed by atoms with van der Waals surface area (Å²) in [6.07, 6.45) is 0. The standard InChI is InChI=1S/C17H20N2O/c1-12-7-9-15(10-8-12)18-11-16(20)19-17-13(2)5-4-6-14(17)3/h4-10,18H,11H2,1-3H3,(H,19,20). The number of carbonyl (C=O) groups is 1. The molecule has 0 saturated carbocycles. The van der Waals surface area contributed by atoms with Crippen molar-refractivity contribution in [3.05, 3.63) is 59.2 Å². The molecule has 104 valence electrons. The lowest BCUT2D eigenvalue weighted by atomic mass is 10.1. The first-order valence-electron chi connectivity index (χ1n) is 6.73. The second-order valence-electron chi connectivity index (χ2n) is 5.03. The van der Waals surface area contributed by atoms with Gasteiger partial charge in [0.25, 0.3) is 0 Å². The number of rotatable bonds is 4. The SMILES string of the molecule is Cc1ccc(NCC(=O)Nc2c(C)cccc2C)cc1. The molecule has 2 aromatic rings. The van der Waals surface area contributed by atoms with Crippen LogP contribution in [-0.4, -0.2) is 12.5 Å². The van der Waals surface area contributed by atoms with Crippen LogP contribution in [0.5, 0.6) is 0 Å². The number of carbonyl (C=O) groups excluding carboxylic acids is 1. The van der Waals surface area contributed by atoms with Gasteiger partial charge in [-0.25, -0.2) is 0 Å². The van der Waals surface area contributed by atoms with Crippen molar-refractivity contribution in [3.8, 4) is 0 Å². The molecule has 0 bridgehead atoms. The summed E-state index contributed by atoms with van der Waals surface area (Å²) in [4.78, 5) is 12.0. The van der Waals surface area contributed by atoms with Crippen LogP contribution in [0.2, 0.25) is 0 Å². The number of nitrogens with one attached hydrogen (secondary N) is 2. The Morgan fingerprint density at radius 1 is 0.950 bits per heavy atom. The van der Waals surface area contributed by atoms with Crippen LogP contribution in [0, 0.1) is 20.8 Å². The van der Waals surface area contributed by atoms with Crippen molar-refractivity contribution in [2.24, 2.45) is 0 Å². The summed E-state index contributed by atoms with van der Waals surface area (Å²) in [5.74, 6) is -0.0389. The van der Waals surface area contributed by atoms with E-state index in [0.717, 1.165) is 22.5 Å². The van der Waals surface area contributed by atoms with Gasteiger partial charge in [0.15, 0.2) is 0 Å². The van der Waals surface area contributed by atoms with E-state index in [1.54, 1.807) is 0 Å². The first-order chi connectivity index (χ1) is 9.56. The Morgan fingerprint density at radius 3 is 2.15 bits per heavy atom. The van der Waals surface area contributed by atoms with Crippen molar-refractivity contribution >= 4 is 17.3 Å². The number of hydrogen-bond donors (Lipinski definition) is 2. The van der Waals surface area contributed by atoms with E-state index in [9.17, 15) is 4.79 Å². The maximum Gasteiger partial charge on any atom is 0.243 e. The molecule has 0 aliphatic heterocycles. The highest BCUT2D eigenvalue weighted by Crippen LogP contribution is 2.19. The van der Waals surface area contributed by atoms with Gasteiger partial charge in [-0.05, 0) is 44.0 Å². The summed E-state index contributed by atoms with van der Waals surface area (Å²) in [5, 5.41) is 6.08. The summed E-state index contributed by atoms with van der Waals surface area (Å²) in [7, 11) is 0. The normalized spacial score (nSPS) is 10.2. The van der Waals surface area contributed by atoms with Crippen molar-refractivity contribution in [1.29, 1.82) is 0 Å². The Morgan fingerprint density at radius 2 is 1.55 bits per heavy atom. The van der Waals surface area contributed by atoms with Gasteiger partial charge < -0.3 is 10.6 Å². The average molecular weight is 268 g/mol. The molecule has 1 amide bonds. The second kappa shape index (κ2) is 6.24. The van der Waals surface area contributed by atoms with E-state index in [1.807, 2.05) is 63.2 Å². The summed E-state index contributed by atoms with van der Waals surface area (Å²) in [5.41, 5.74) is 5.22. The molecular formula is C17H20N2O. The lowest BCUT2D eigenvalue weighted by Gasteiger charge is -2.12. The van der Waals surface area contributed by atoms with Crippen LogP contribution in [-0.2, 0) is 4.79 Å². The van der Waals surface area contributed by atoms with E-state index in [0.29, 0.717) is 0 Å². The van der Waals surface area contributed by atoms with Gasteiger partial charge in [-0.3, -0.25) is 4.79 Å². The highest BCUT2D eigenvalue weighted by Gasteiger charge is 2.06. The highest BCUT2D eigenvalue weighted by atomic mass is 16.1. The highest BCUT2D eigenvalue weighted by molar-refractivity contribution is 5.95. The van der Waals surface area contributed by atoms with Crippen molar-refractivity contribution in [1.82, 2.24) is 0 Å². The van der Waals surface area contributed by atoms with E-state index in [1.165, 1.54) is 5.56 Å². The Balaban J connectivity index is 1.94. The van der Waals surface area contributed by atoms with Crippen LogP contribution >= 0.6 is 0 Å². The van der Waals surface area contributed by atoms with Gasteiger partial charge in [-0.2, -0.15) is 0 Å². The number of para-hydroxylation sites is 1. The molecule has 2 rings (SSSR count). The van der Waals surface area contributed by atoms with Gasteiger partial charge in [0.1, 0.15) is 0 Å². The van der Waals surface area contributed by atoms with E-state index in [4.69, 9.17) is 0 Å². The minimum absolute atomic E-state index is 0.0389. The fourth-order valence-corrected chi connectivity index (χ4v) is 2.05. The first-order valence-corrected chi connectivity index (χ1v) is 6.73. The molecule has 2 N–H and O–H groups in total. The molecule has 0 heterocycles. The molecule has 2 aromatic carbocycles. The first kappa shape index (κ1) is 14.1. The lowest BCUT2D eigenvalue weighted by Crippen LogP contribution is -2.22. The summed E-state index contributed by atoms with van der Waals surface area (Å²) in [6, 6.07) is 14.0.